The standard InChI is InChI=1S/C21H25ClN4O3/c1-14(10-12-25(2)29)23-16-8-6-15(7-9-16)17-4-3-5-18(20(17)22)26-13-11-19(27)24-21(26)28/h3-9,14,23,29H,10-13H2,1-2H3,(H,24,27,28). The molecule has 8 heteroatoms. The van der Waals surface area contributed by atoms with Crippen LogP contribution >= 0.6 is 11.6 Å². The fraction of sp³-hybridized carbons (Fsp3) is 0.333. The van der Waals surface area contributed by atoms with Crippen LogP contribution in [0.3, 0.4) is 0 Å². The van der Waals surface area contributed by atoms with E-state index in [0.29, 0.717) is 23.8 Å². The number of hydroxylamine groups is 2. The first kappa shape index (κ1) is 21.1. The Morgan fingerprint density at radius 2 is 1.97 bits per heavy atom. The minimum Gasteiger partial charge on any atom is -0.383 e. The molecule has 0 saturated carbocycles. The van der Waals surface area contributed by atoms with Gasteiger partial charge in [0.2, 0.25) is 5.91 Å². The van der Waals surface area contributed by atoms with Crippen molar-refractivity contribution in [3.8, 4) is 11.1 Å². The van der Waals surface area contributed by atoms with Gasteiger partial charge in [0, 0.05) is 43.9 Å². The summed E-state index contributed by atoms with van der Waals surface area (Å²) in [5, 5.41) is 16.6. The van der Waals surface area contributed by atoms with E-state index in [-0.39, 0.29) is 18.4 Å². The van der Waals surface area contributed by atoms with Crippen LogP contribution in [0.25, 0.3) is 11.1 Å². The van der Waals surface area contributed by atoms with E-state index in [1.807, 2.05) is 36.4 Å². The van der Waals surface area contributed by atoms with Crippen LogP contribution in [0.15, 0.2) is 42.5 Å². The van der Waals surface area contributed by atoms with Gasteiger partial charge in [0.15, 0.2) is 0 Å². The number of hydrogen-bond donors (Lipinski definition) is 3. The summed E-state index contributed by atoms with van der Waals surface area (Å²) in [5.41, 5.74) is 3.30. The third kappa shape index (κ3) is 5.26. The molecule has 1 fully saturated rings. The molecule has 154 valence electrons. The molecular weight excluding hydrogens is 392 g/mol. The van der Waals surface area contributed by atoms with Crippen LogP contribution in [0.4, 0.5) is 16.2 Å². The third-order valence-electron chi connectivity index (χ3n) is 4.82. The number of halogens is 1. The molecule has 1 unspecified atom stereocenters. The van der Waals surface area contributed by atoms with Gasteiger partial charge < -0.3 is 10.5 Å². The molecule has 2 aromatic carbocycles. The van der Waals surface area contributed by atoms with E-state index in [9.17, 15) is 14.8 Å². The lowest BCUT2D eigenvalue weighted by atomic mass is 10.0. The lowest BCUT2D eigenvalue weighted by Gasteiger charge is -2.28. The number of benzene rings is 2. The molecule has 29 heavy (non-hydrogen) atoms. The number of nitrogens with zero attached hydrogens (tertiary/aromatic N) is 2. The third-order valence-corrected chi connectivity index (χ3v) is 5.22. The summed E-state index contributed by atoms with van der Waals surface area (Å²) >= 11 is 6.62. The van der Waals surface area contributed by atoms with E-state index in [2.05, 4.69) is 17.6 Å². The maximum atomic E-state index is 12.2. The molecule has 1 aliphatic rings. The molecule has 0 spiro atoms. The van der Waals surface area contributed by atoms with Crippen molar-refractivity contribution in [2.24, 2.45) is 0 Å². The second-order valence-corrected chi connectivity index (χ2v) is 7.56. The Morgan fingerprint density at radius 1 is 1.24 bits per heavy atom. The highest BCUT2D eigenvalue weighted by Crippen LogP contribution is 2.36. The minimum absolute atomic E-state index is 0.211. The first-order chi connectivity index (χ1) is 13.8. The molecular formula is C21H25ClN4O3. The fourth-order valence-electron chi connectivity index (χ4n) is 3.23. The maximum Gasteiger partial charge on any atom is 0.328 e. The number of hydrogen-bond acceptors (Lipinski definition) is 5. The first-order valence-electron chi connectivity index (χ1n) is 9.52. The summed E-state index contributed by atoms with van der Waals surface area (Å²) in [4.78, 5) is 25.0. The summed E-state index contributed by atoms with van der Waals surface area (Å²) < 4.78 is 0. The van der Waals surface area contributed by atoms with Gasteiger partial charge in [-0.3, -0.25) is 15.0 Å². The van der Waals surface area contributed by atoms with Gasteiger partial charge in [-0.05, 0) is 37.1 Å². The van der Waals surface area contributed by atoms with E-state index < -0.39 is 6.03 Å². The molecule has 0 bridgehead atoms. The van der Waals surface area contributed by atoms with Crippen molar-refractivity contribution in [3.05, 3.63) is 47.5 Å². The van der Waals surface area contributed by atoms with Crippen molar-refractivity contribution >= 4 is 34.9 Å². The highest BCUT2D eigenvalue weighted by atomic mass is 35.5. The zero-order valence-corrected chi connectivity index (χ0v) is 17.2. The van der Waals surface area contributed by atoms with Gasteiger partial charge in [0.05, 0.1) is 10.7 Å². The van der Waals surface area contributed by atoms with Gasteiger partial charge in [-0.25, -0.2) is 4.79 Å². The zero-order valence-electron chi connectivity index (χ0n) is 16.5. The van der Waals surface area contributed by atoms with E-state index in [1.54, 1.807) is 13.1 Å². The number of urea groups is 1. The van der Waals surface area contributed by atoms with E-state index >= 15 is 0 Å². The zero-order chi connectivity index (χ0) is 21.0. The van der Waals surface area contributed by atoms with E-state index in [4.69, 9.17) is 11.6 Å². The summed E-state index contributed by atoms with van der Waals surface area (Å²) in [6.07, 6.45) is 1.06. The lowest BCUT2D eigenvalue weighted by Crippen LogP contribution is -2.49. The second kappa shape index (κ2) is 9.26. The molecule has 3 rings (SSSR count). The molecule has 7 nitrogen and oxygen atoms in total. The van der Waals surface area contributed by atoms with Gasteiger partial charge in [0.1, 0.15) is 0 Å². The Labute approximate surface area is 175 Å². The van der Waals surface area contributed by atoms with Crippen LogP contribution in [0, 0.1) is 0 Å². The Bertz CT molecular complexity index is 886. The highest BCUT2D eigenvalue weighted by molar-refractivity contribution is 6.36. The average molecular weight is 417 g/mol. The second-order valence-electron chi connectivity index (χ2n) is 7.19. The number of nitrogens with one attached hydrogen (secondary N) is 2. The van der Waals surface area contributed by atoms with Gasteiger partial charge in [0.25, 0.3) is 0 Å². The Kier molecular flexibility index (Phi) is 6.74. The van der Waals surface area contributed by atoms with E-state index in [0.717, 1.165) is 23.2 Å². The monoisotopic (exact) mass is 416 g/mol. The predicted molar refractivity (Wildman–Crippen MR) is 115 cm³/mol. The van der Waals surface area contributed by atoms with Gasteiger partial charge in [-0.2, -0.15) is 5.06 Å². The normalized spacial score (nSPS) is 15.4. The summed E-state index contributed by atoms with van der Waals surface area (Å²) in [6, 6.07) is 13.2. The first-order valence-corrected chi connectivity index (χ1v) is 9.90. The molecule has 0 aromatic heterocycles. The van der Waals surface area contributed by atoms with E-state index in [1.165, 1.54) is 9.96 Å². The van der Waals surface area contributed by atoms with Crippen LogP contribution in [0.2, 0.25) is 5.02 Å². The van der Waals surface area contributed by atoms with Gasteiger partial charge in [-0.1, -0.05) is 35.9 Å². The number of rotatable bonds is 7. The maximum absolute atomic E-state index is 12.2. The van der Waals surface area contributed by atoms with Crippen LogP contribution in [-0.2, 0) is 4.79 Å². The van der Waals surface area contributed by atoms with Crippen LogP contribution in [0.5, 0.6) is 0 Å². The molecule has 3 amide bonds. The summed E-state index contributed by atoms with van der Waals surface area (Å²) in [7, 11) is 1.63. The molecule has 0 aliphatic carbocycles. The molecule has 2 aromatic rings. The Balaban J connectivity index is 1.76. The molecule has 1 saturated heterocycles. The van der Waals surface area contributed by atoms with Gasteiger partial charge >= 0.3 is 6.03 Å². The van der Waals surface area contributed by atoms with Gasteiger partial charge in [-0.15, -0.1) is 0 Å². The fourth-order valence-corrected chi connectivity index (χ4v) is 3.57. The molecule has 1 atom stereocenters. The molecule has 3 N–H and O–H groups in total. The number of amides is 3. The summed E-state index contributed by atoms with van der Waals surface area (Å²) in [6.45, 7) is 2.95. The molecule has 0 radical (unpaired) electrons. The average Bonchev–Trinajstić information content (AvgIpc) is 2.68. The number of anilines is 2. The van der Waals surface area contributed by atoms with Crippen molar-refractivity contribution in [3.63, 3.8) is 0 Å². The van der Waals surface area contributed by atoms with Crippen LogP contribution in [-0.4, -0.2) is 48.4 Å². The Hall–Kier alpha value is -2.61. The predicted octanol–water partition coefficient (Wildman–Crippen LogP) is 3.96. The van der Waals surface area contributed by atoms with Crippen LogP contribution in [0.1, 0.15) is 19.8 Å². The minimum atomic E-state index is -0.456. The van der Waals surface area contributed by atoms with Crippen molar-refractivity contribution in [1.29, 1.82) is 0 Å². The van der Waals surface area contributed by atoms with Crippen molar-refractivity contribution in [2.75, 3.05) is 30.4 Å². The SMILES string of the molecule is CC(CCN(C)O)Nc1ccc(-c2cccc(N3CCC(=O)NC3=O)c2Cl)cc1. The molecule has 1 heterocycles. The Morgan fingerprint density at radius 3 is 2.62 bits per heavy atom. The lowest BCUT2D eigenvalue weighted by molar-refractivity contribution is -0.120. The smallest absolute Gasteiger partial charge is 0.328 e. The topological polar surface area (TPSA) is 84.9 Å². The number of carbonyl (C=O) groups excluding carboxylic acids is 2. The van der Waals surface area contributed by atoms with Crippen molar-refractivity contribution in [1.82, 2.24) is 10.4 Å². The molecule has 1 aliphatic heterocycles. The number of imide groups is 1. The number of carbonyl (C=O) groups is 2. The quantitative estimate of drug-likeness (QED) is 0.595. The highest BCUT2D eigenvalue weighted by Gasteiger charge is 2.26. The summed E-state index contributed by atoms with van der Waals surface area (Å²) in [5.74, 6) is -0.276. The van der Waals surface area contributed by atoms with Crippen molar-refractivity contribution in [2.45, 2.75) is 25.8 Å². The van der Waals surface area contributed by atoms with Crippen molar-refractivity contribution < 1.29 is 14.8 Å². The van der Waals surface area contributed by atoms with Crippen LogP contribution < -0.4 is 15.5 Å². The largest absolute Gasteiger partial charge is 0.383 e.